The van der Waals surface area contributed by atoms with Crippen molar-refractivity contribution in [3.8, 4) is 5.75 Å². The Morgan fingerprint density at radius 3 is 2.78 bits per heavy atom. The molecule has 0 amide bonds. The third-order valence-corrected chi connectivity index (χ3v) is 4.22. The molecule has 0 fully saturated rings. The van der Waals surface area contributed by atoms with E-state index in [0.717, 1.165) is 35.7 Å². The van der Waals surface area contributed by atoms with Crippen LogP contribution in [0, 0.1) is 6.92 Å². The maximum Gasteiger partial charge on any atom is 0.140 e. The van der Waals surface area contributed by atoms with E-state index in [2.05, 4.69) is 48.3 Å². The van der Waals surface area contributed by atoms with Gasteiger partial charge in [-0.2, -0.15) is 0 Å². The molecule has 0 radical (unpaired) electrons. The lowest BCUT2D eigenvalue weighted by molar-refractivity contribution is 0.121. The summed E-state index contributed by atoms with van der Waals surface area (Å²) in [4.78, 5) is 2.24. The molecule has 3 nitrogen and oxygen atoms in total. The first-order valence-electron chi connectivity index (χ1n) is 7.63. The minimum atomic E-state index is 0. The van der Waals surface area contributed by atoms with Gasteiger partial charge in [-0.15, -0.1) is 12.4 Å². The highest BCUT2D eigenvalue weighted by atomic mass is 35.5. The number of nitrogens with zero attached hydrogens (tertiary/aromatic N) is 1. The Labute approximate surface area is 142 Å². The van der Waals surface area contributed by atoms with Gasteiger partial charge in [-0.05, 0) is 31.5 Å². The number of halogens is 1. The van der Waals surface area contributed by atoms with Crippen molar-refractivity contribution in [1.29, 1.82) is 0 Å². The zero-order valence-corrected chi connectivity index (χ0v) is 14.1. The smallest absolute Gasteiger partial charge is 0.140 e. The van der Waals surface area contributed by atoms with Gasteiger partial charge in [0.25, 0.3) is 0 Å². The Morgan fingerprint density at radius 1 is 1.13 bits per heavy atom. The molecule has 0 bridgehead atoms. The molecule has 1 aromatic heterocycles. The fourth-order valence-electron chi connectivity index (χ4n) is 3.22. The van der Waals surface area contributed by atoms with Crippen molar-refractivity contribution in [2.75, 3.05) is 13.6 Å². The molecule has 3 aromatic rings. The number of hydrogen-bond donors (Lipinski definition) is 0. The summed E-state index contributed by atoms with van der Waals surface area (Å²) in [5.41, 5.74) is 1.18. The summed E-state index contributed by atoms with van der Waals surface area (Å²) in [6.07, 6.45) is 0.0111. The van der Waals surface area contributed by atoms with E-state index in [1.165, 1.54) is 10.9 Å². The van der Waals surface area contributed by atoms with E-state index in [1.54, 1.807) is 0 Å². The quantitative estimate of drug-likeness (QED) is 0.679. The predicted octanol–water partition coefficient (Wildman–Crippen LogP) is 4.73. The van der Waals surface area contributed by atoms with Gasteiger partial charge in [-0.3, -0.25) is 4.90 Å². The summed E-state index contributed by atoms with van der Waals surface area (Å²) >= 11 is 0. The predicted molar refractivity (Wildman–Crippen MR) is 94.3 cm³/mol. The minimum Gasteiger partial charge on any atom is -0.484 e. The van der Waals surface area contributed by atoms with E-state index in [0.29, 0.717) is 0 Å². The van der Waals surface area contributed by atoms with Crippen LogP contribution in [0.25, 0.3) is 10.8 Å². The molecule has 4 rings (SSSR count). The maximum absolute atomic E-state index is 6.38. The van der Waals surface area contributed by atoms with Crippen LogP contribution in [0.4, 0.5) is 0 Å². The van der Waals surface area contributed by atoms with Gasteiger partial charge >= 0.3 is 0 Å². The molecule has 120 valence electrons. The van der Waals surface area contributed by atoms with Crippen LogP contribution in [0.3, 0.4) is 0 Å². The molecule has 1 aliphatic rings. The van der Waals surface area contributed by atoms with E-state index < -0.39 is 0 Å². The molecule has 0 saturated carbocycles. The molecular weight excluding hydrogens is 310 g/mol. The second-order valence-electron chi connectivity index (χ2n) is 6.02. The van der Waals surface area contributed by atoms with Crippen molar-refractivity contribution >= 4 is 23.2 Å². The number of aryl methyl sites for hydroxylation is 1. The Balaban J connectivity index is 0.00000156. The number of benzene rings is 2. The average molecular weight is 330 g/mol. The Kier molecular flexibility index (Phi) is 4.33. The lowest BCUT2D eigenvalue weighted by Gasteiger charge is -2.29. The summed E-state index contributed by atoms with van der Waals surface area (Å²) in [7, 11) is 2.10. The number of furan rings is 1. The molecule has 2 heterocycles. The normalized spacial score (nSPS) is 17.6. The van der Waals surface area contributed by atoms with Gasteiger partial charge < -0.3 is 9.15 Å². The zero-order chi connectivity index (χ0) is 15.1. The summed E-state index contributed by atoms with van der Waals surface area (Å²) in [6, 6.07) is 16.6. The fourth-order valence-corrected chi connectivity index (χ4v) is 3.22. The van der Waals surface area contributed by atoms with E-state index in [9.17, 15) is 0 Å². The second kappa shape index (κ2) is 6.26. The molecule has 0 aliphatic carbocycles. The van der Waals surface area contributed by atoms with Crippen LogP contribution in [0.15, 0.2) is 52.9 Å². The van der Waals surface area contributed by atoms with Crippen LogP contribution in [0.2, 0.25) is 0 Å². The van der Waals surface area contributed by atoms with Gasteiger partial charge in [0.15, 0.2) is 0 Å². The molecule has 2 aromatic carbocycles. The molecule has 1 atom stereocenters. The SMILES string of the molecule is Cc1cc2c(o1)CN(C)CC2Oc1cccc2ccccc12.Cl. The van der Waals surface area contributed by atoms with Crippen LogP contribution in [-0.2, 0) is 6.54 Å². The molecule has 0 spiro atoms. The monoisotopic (exact) mass is 329 g/mol. The van der Waals surface area contributed by atoms with E-state index in [4.69, 9.17) is 9.15 Å². The first kappa shape index (κ1) is 15.9. The Morgan fingerprint density at radius 2 is 1.91 bits per heavy atom. The van der Waals surface area contributed by atoms with E-state index in [-0.39, 0.29) is 18.5 Å². The number of likely N-dealkylation sites (N-methyl/N-ethyl adjacent to an activating group) is 1. The number of ether oxygens (including phenoxy) is 1. The topological polar surface area (TPSA) is 25.6 Å². The standard InChI is InChI=1S/C19H19NO2.ClH/c1-13-10-16-18(21-13)11-20(2)12-19(16)22-17-9-5-7-14-6-3-4-8-15(14)17;/h3-10,19H,11-12H2,1-2H3;1H. The number of fused-ring (bicyclic) bond motifs is 2. The van der Waals surface area contributed by atoms with Crippen molar-refractivity contribution in [1.82, 2.24) is 4.90 Å². The molecule has 23 heavy (non-hydrogen) atoms. The van der Waals surface area contributed by atoms with Crippen molar-refractivity contribution in [2.45, 2.75) is 19.6 Å². The van der Waals surface area contributed by atoms with Gasteiger partial charge in [-0.25, -0.2) is 0 Å². The van der Waals surface area contributed by atoms with Crippen LogP contribution < -0.4 is 4.74 Å². The molecule has 0 N–H and O–H groups in total. The molecule has 1 aliphatic heterocycles. The molecule has 0 saturated heterocycles. The van der Waals surface area contributed by atoms with Gasteiger partial charge in [0.05, 0.1) is 6.54 Å². The summed E-state index contributed by atoms with van der Waals surface area (Å²) in [6.45, 7) is 3.71. The van der Waals surface area contributed by atoms with Crippen LogP contribution in [-0.4, -0.2) is 18.5 Å². The maximum atomic E-state index is 6.38. The third-order valence-electron chi connectivity index (χ3n) is 4.22. The van der Waals surface area contributed by atoms with Gasteiger partial charge in [0.1, 0.15) is 23.4 Å². The largest absolute Gasteiger partial charge is 0.484 e. The first-order valence-corrected chi connectivity index (χ1v) is 7.63. The second-order valence-corrected chi connectivity index (χ2v) is 6.02. The fraction of sp³-hybridized carbons (Fsp3) is 0.263. The number of rotatable bonds is 2. The lowest BCUT2D eigenvalue weighted by Crippen LogP contribution is -2.32. The Bertz CT molecular complexity index is 822. The van der Waals surface area contributed by atoms with Crippen LogP contribution >= 0.6 is 12.4 Å². The third kappa shape index (κ3) is 2.94. The molecule has 1 unspecified atom stereocenters. The Hall–Kier alpha value is -1.97. The van der Waals surface area contributed by atoms with Crippen molar-refractivity contribution in [2.24, 2.45) is 0 Å². The van der Waals surface area contributed by atoms with Gasteiger partial charge in [-0.1, -0.05) is 36.4 Å². The highest BCUT2D eigenvalue weighted by Gasteiger charge is 2.28. The first-order chi connectivity index (χ1) is 10.7. The van der Waals surface area contributed by atoms with E-state index >= 15 is 0 Å². The molecular formula is C19H20ClNO2. The van der Waals surface area contributed by atoms with Crippen molar-refractivity contribution in [3.05, 3.63) is 65.6 Å². The summed E-state index contributed by atoms with van der Waals surface area (Å²) < 4.78 is 12.2. The highest BCUT2D eigenvalue weighted by Crippen LogP contribution is 2.35. The highest BCUT2D eigenvalue weighted by molar-refractivity contribution is 5.88. The lowest BCUT2D eigenvalue weighted by atomic mass is 10.0. The number of hydrogen-bond acceptors (Lipinski definition) is 3. The van der Waals surface area contributed by atoms with Crippen LogP contribution in [0.1, 0.15) is 23.2 Å². The minimum absolute atomic E-state index is 0. The zero-order valence-electron chi connectivity index (χ0n) is 13.3. The van der Waals surface area contributed by atoms with E-state index in [1.807, 2.05) is 19.1 Å². The summed E-state index contributed by atoms with van der Waals surface area (Å²) in [5.74, 6) is 2.91. The van der Waals surface area contributed by atoms with Crippen molar-refractivity contribution < 1.29 is 9.15 Å². The average Bonchev–Trinajstić information content (AvgIpc) is 2.88. The van der Waals surface area contributed by atoms with Gasteiger partial charge in [0, 0.05) is 17.5 Å². The summed E-state index contributed by atoms with van der Waals surface area (Å²) in [5, 5.41) is 2.35. The molecule has 4 heteroatoms. The van der Waals surface area contributed by atoms with Crippen LogP contribution in [0.5, 0.6) is 5.75 Å². The van der Waals surface area contributed by atoms with Crippen molar-refractivity contribution in [3.63, 3.8) is 0 Å². The van der Waals surface area contributed by atoms with Gasteiger partial charge in [0.2, 0.25) is 0 Å².